The fourth-order valence-electron chi connectivity index (χ4n) is 6.87. The minimum Gasteiger partial charge on any atom is -0.394 e. The van der Waals surface area contributed by atoms with Crippen molar-refractivity contribution in [3.8, 4) is 0 Å². The van der Waals surface area contributed by atoms with Gasteiger partial charge in [-0.25, -0.2) is 0 Å². The molecule has 0 bridgehead atoms. The maximum Gasteiger partial charge on any atom is 0.247 e. The molecule has 0 unspecified atom stereocenters. The molecule has 2 aromatic carbocycles. The molecular formula is C36H50N4O7. The highest BCUT2D eigenvalue weighted by Gasteiger charge is 2.45. The number of hydrogen-bond donors (Lipinski definition) is 5. The lowest BCUT2D eigenvalue weighted by atomic mass is 9.91. The van der Waals surface area contributed by atoms with Gasteiger partial charge in [-0.2, -0.15) is 0 Å². The third kappa shape index (κ3) is 7.72. The van der Waals surface area contributed by atoms with Crippen LogP contribution in [0.15, 0.2) is 48.7 Å². The van der Waals surface area contributed by atoms with Crippen LogP contribution in [0.2, 0.25) is 0 Å². The van der Waals surface area contributed by atoms with Crippen LogP contribution in [-0.4, -0.2) is 116 Å². The standard InChI is InChI=1S/C36H50N4O7/c1-5-38-16-18-39(19-17-38)35(46)36(3,4)37-29(42)11-7-9-24-12-14-25(15-13-24)20-40-21-27(26-10-6-8-23(2)30(26)40)34-33(45)32(44)31(43)28(22-41)47-34/h6,8,10,12-15,21,28,31-34,41,43-45H,5,7,9,11,16-20,22H2,1-4H3,(H,37,42)/t28-,31-,32+,33-,34+/m1/s1. The van der Waals surface area contributed by atoms with E-state index in [1.807, 2.05) is 36.2 Å². The van der Waals surface area contributed by atoms with Gasteiger partial charge in [-0.05, 0) is 56.8 Å². The number of fused-ring (bicyclic) bond motifs is 1. The van der Waals surface area contributed by atoms with Crippen LogP contribution < -0.4 is 5.32 Å². The maximum atomic E-state index is 13.1. The van der Waals surface area contributed by atoms with E-state index in [9.17, 15) is 30.0 Å². The monoisotopic (exact) mass is 650 g/mol. The van der Waals surface area contributed by atoms with Gasteiger partial charge in [-0.15, -0.1) is 0 Å². The average molecular weight is 651 g/mol. The number of nitrogens with zero attached hydrogens (tertiary/aromatic N) is 3. The first kappa shape index (κ1) is 35.0. The van der Waals surface area contributed by atoms with Crippen LogP contribution in [0.5, 0.6) is 0 Å². The zero-order chi connectivity index (χ0) is 33.9. The number of aryl methyl sites for hydroxylation is 2. The number of para-hydroxylation sites is 1. The summed E-state index contributed by atoms with van der Waals surface area (Å²) < 4.78 is 7.99. The average Bonchev–Trinajstić information content (AvgIpc) is 3.43. The quantitative estimate of drug-likeness (QED) is 0.212. The molecule has 0 radical (unpaired) electrons. The summed E-state index contributed by atoms with van der Waals surface area (Å²) in [4.78, 5) is 30.0. The van der Waals surface area contributed by atoms with E-state index >= 15 is 0 Å². The summed E-state index contributed by atoms with van der Waals surface area (Å²) >= 11 is 0. The normalized spacial score (nSPS) is 24.1. The number of amides is 2. The SMILES string of the molecule is CCN1CCN(C(=O)C(C)(C)NC(=O)CCCc2ccc(Cn3cc([C@@H]4O[C@H](CO)[C@@H](O)[C@H](O)[C@H]4O)c4cccc(C)c43)cc2)CC1. The Labute approximate surface area is 276 Å². The van der Waals surface area contributed by atoms with E-state index < -0.39 is 42.7 Å². The molecule has 0 aliphatic carbocycles. The van der Waals surface area contributed by atoms with E-state index in [0.717, 1.165) is 53.6 Å². The van der Waals surface area contributed by atoms with E-state index in [-0.39, 0.29) is 11.8 Å². The molecule has 1 aromatic heterocycles. The fourth-order valence-corrected chi connectivity index (χ4v) is 6.87. The molecule has 256 valence electrons. The molecular weight excluding hydrogens is 600 g/mol. The summed E-state index contributed by atoms with van der Waals surface area (Å²) in [6, 6.07) is 14.1. The zero-order valence-electron chi connectivity index (χ0n) is 27.9. The van der Waals surface area contributed by atoms with Crippen LogP contribution >= 0.6 is 0 Å². The minimum absolute atomic E-state index is 0.0387. The first-order chi connectivity index (χ1) is 22.4. The number of carbonyl (C=O) groups excluding carboxylic acids is 2. The Balaban J connectivity index is 1.19. The van der Waals surface area contributed by atoms with Crippen LogP contribution in [0.3, 0.4) is 0 Å². The van der Waals surface area contributed by atoms with Gasteiger partial charge >= 0.3 is 0 Å². The Bertz CT molecular complexity index is 1530. The van der Waals surface area contributed by atoms with Crippen molar-refractivity contribution in [3.63, 3.8) is 0 Å². The molecule has 0 spiro atoms. The van der Waals surface area contributed by atoms with Crippen molar-refractivity contribution in [2.24, 2.45) is 0 Å². The Morgan fingerprint density at radius 1 is 0.957 bits per heavy atom. The topological polar surface area (TPSA) is 148 Å². The third-order valence-corrected chi connectivity index (χ3v) is 9.67. The summed E-state index contributed by atoms with van der Waals surface area (Å²) in [6.07, 6.45) is -2.50. The Kier molecular flexibility index (Phi) is 11.1. The van der Waals surface area contributed by atoms with Gasteiger partial charge in [0, 0.05) is 56.3 Å². The van der Waals surface area contributed by atoms with Gasteiger partial charge in [0.2, 0.25) is 11.8 Å². The van der Waals surface area contributed by atoms with E-state index in [4.69, 9.17) is 4.74 Å². The van der Waals surface area contributed by atoms with Crippen molar-refractivity contribution in [2.45, 2.75) is 89.6 Å². The van der Waals surface area contributed by atoms with Crippen molar-refractivity contribution in [2.75, 3.05) is 39.3 Å². The Morgan fingerprint density at radius 3 is 2.30 bits per heavy atom. The van der Waals surface area contributed by atoms with E-state index in [1.165, 1.54) is 0 Å². The fraction of sp³-hybridized carbons (Fsp3) is 0.556. The van der Waals surface area contributed by atoms with Crippen molar-refractivity contribution < 1.29 is 34.8 Å². The van der Waals surface area contributed by atoms with Gasteiger partial charge in [0.15, 0.2) is 0 Å². The van der Waals surface area contributed by atoms with Crippen molar-refractivity contribution in [1.82, 2.24) is 19.7 Å². The predicted octanol–water partition coefficient (Wildman–Crippen LogP) is 1.89. The Morgan fingerprint density at radius 2 is 1.64 bits per heavy atom. The molecule has 5 rings (SSSR count). The van der Waals surface area contributed by atoms with Crippen LogP contribution in [0.4, 0.5) is 0 Å². The Hall–Kier alpha value is -3.32. The lowest BCUT2D eigenvalue weighted by Crippen LogP contribution is -2.59. The molecule has 5 atom stereocenters. The number of aliphatic hydroxyl groups excluding tert-OH is 4. The van der Waals surface area contributed by atoms with Gasteiger partial charge in [0.05, 0.1) is 12.1 Å². The lowest BCUT2D eigenvalue weighted by Gasteiger charge is -2.40. The molecule has 2 fully saturated rings. The maximum absolute atomic E-state index is 13.1. The van der Waals surface area contributed by atoms with Crippen LogP contribution in [0.25, 0.3) is 10.9 Å². The number of carbonyl (C=O) groups is 2. The molecule has 5 N–H and O–H groups in total. The number of benzene rings is 2. The summed E-state index contributed by atoms with van der Waals surface area (Å²) in [5.41, 5.74) is 3.92. The van der Waals surface area contributed by atoms with E-state index in [2.05, 4.69) is 46.0 Å². The smallest absolute Gasteiger partial charge is 0.247 e. The number of hydrogen-bond acceptors (Lipinski definition) is 8. The van der Waals surface area contributed by atoms with Gasteiger partial charge in [0.1, 0.15) is 36.1 Å². The second kappa shape index (κ2) is 14.8. The number of ether oxygens (including phenoxy) is 1. The number of nitrogens with one attached hydrogen (secondary N) is 1. The van der Waals surface area contributed by atoms with Gasteiger partial charge < -0.3 is 44.8 Å². The van der Waals surface area contributed by atoms with Crippen molar-refractivity contribution >= 4 is 22.7 Å². The molecule has 2 saturated heterocycles. The third-order valence-electron chi connectivity index (χ3n) is 9.67. The molecule has 2 amide bonds. The first-order valence-corrected chi connectivity index (χ1v) is 16.7. The zero-order valence-corrected chi connectivity index (χ0v) is 27.9. The number of likely N-dealkylation sites (N-methyl/N-ethyl adjacent to an activating group) is 1. The van der Waals surface area contributed by atoms with Gasteiger partial charge in [-0.3, -0.25) is 9.59 Å². The van der Waals surface area contributed by atoms with Crippen molar-refractivity contribution in [1.29, 1.82) is 0 Å². The molecule has 3 aromatic rings. The largest absolute Gasteiger partial charge is 0.394 e. The molecule has 11 heteroatoms. The van der Waals surface area contributed by atoms with Gasteiger partial charge in [-0.1, -0.05) is 49.4 Å². The molecule has 2 aliphatic heterocycles. The molecule has 0 saturated carbocycles. The summed E-state index contributed by atoms with van der Waals surface area (Å²) in [5, 5.41) is 45.0. The van der Waals surface area contributed by atoms with Crippen LogP contribution in [-0.2, 0) is 27.3 Å². The number of piperazine rings is 1. The van der Waals surface area contributed by atoms with Crippen LogP contribution in [0.1, 0.15) is 62.0 Å². The second-order valence-electron chi connectivity index (χ2n) is 13.5. The lowest BCUT2D eigenvalue weighted by molar-refractivity contribution is -0.231. The molecule has 47 heavy (non-hydrogen) atoms. The summed E-state index contributed by atoms with van der Waals surface area (Å²) in [5.74, 6) is -0.166. The minimum atomic E-state index is -1.45. The van der Waals surface area contributed by atoms with E-state index in [0.29, 0.717) is 38.0 Å². The van der Waals surface area contributed by atoms with Gasteiger partial charge in [0.25, 0.3) is 0 Å². The number of aliphatic hydroxyl groups is 4. The predicted molar refractivity (Wildman–Crippen MR) is 179 cm³/mol. The highest BCUT2D eigenvalue weighted by atomic mass is 16.5. The molecule has 2 aliphatic rings. The first-order valence-electron chi connectivity index (χ1n) is 16.7. The number of aromatic nitrogens is 1. The highest BCUT2D eigenvalue weighted by molar-refractivity contribution is 5.91. The molecule has 3 heterocycles. The molecule has 11 nitrogen and oxygen atoms in total. The highest BCUT2D eigenvalue weighted by Crippen LogP contribution is 2.38. The second-order valence-corrected chi connectivity index (χ2v) is 13.5. The van der Waals surface area contributed by atoms with Crippen molar-refractivity contribution in [3.05, 3.63) is 70.9 Å². The van der Waals surface area contributed by atoms with E-state index in [1.54, 1.807) is 13.8 Å². The summed E-state index contributed by atoms with van der Waals surface area (Å²) in [6.45, 7) is 11.8. The summed E-state index contributed by atoms with van der Waals surface area (Å²) in [7, 11) is 0. The van der Waals surface area contributed by atoms with Crippen LogP contribution in [0, 0.1) is 6.92 Å². The number of rotatable bonds is 11.